The SMILES string of the molecule is O=C(Nc1cccc2ccccc12)C1CCN(c2cc(-c3ccc(F)cc3)ncn2)CC1. The highest BCUT2D eigenvalue weighted by Crippen LogP contribution is 2.28. The van der Waals surface area contributed by atoms with Crippen molar-refractivity contribution in [2.45, 2.75) is 12.8 Å². The molecule has 2 heterocycles. The molecule has 3 aromatic carbocycles. The Balaban J connectivity index is 1.25. The van der Waals surface area contributed by atoms with Gasteiger partial charge in [-0.25, -0.2) is 14.4 Å². The summed E-state index contributed by atoms with van der Waals surface area (Å²) in [6.45, 7) is 1.49. The molecule has 0 saturated carbocycles. The average Bonchev–Trinajstić information content (AvgIpc) is 2.85. The van der Waals surface area contributed by atoms with E-state index in [2.05, 4.69) is 20.2 Å². The van der Waals surface area contributed by atoms with Gasteiger partial charge in [0.15, 0.2) is 0 Å². The monoisotopic (exact) mass is 426 g/mol. The maximum atomic E-state index is 13.2. The summed E-state index contributed by atoms with van der Waals surface area (Å²) >= 11 is 0. The summed E-state index contributed by atoms with van der Waals surface area (Å²) in [5.41, 5.74) is 2.46. The fraction of sp³-hybridized carbons (Fsp3) is 0.192. The van der Waals surface area contributed by atoms with Gasteiger partial charge in [-0.2, -0.15) is 0 Å². The maximum Gasteiger partial charge on any atom is 0.227 e. The lowest BCUT2D eigenvalue weighted by Crippen LogP contribution is -2.38. The zero-order valence-electron chi connectivity index (χ0n) is 17.5. The number of anilines is 2. The fourth-order valence-corrected chi connectivity index (χ4v) is 4.24. The predicted octanol–water partition coefficient (Wildman–Crippen LogP) is 5.29. The smallest absolute Gasteiger partial charge is 0.227 e. The van der Waals surface area contributed by atoms with Crippen molar-refractivity contribution in [1.29, 1.82) is 0 Å². The van der Waals surface area contributed by atoms with Crippen LogP contribution in [0.4, 0.5) is 15.9 Å². The lowest BCUT2D eigenvalue weighted by molar-refractivity contribution is -0.120. The van der Waals surface area contributed by atoms with Gasteiger partial charge < -0.3 is 10.2 Å². The fourth-order valence-electron chi connectivity index (χ4n) is 4.24. The van der Waals surface area contributed by atoms with Crippen molar-refractivity contribution < 1.29 is 9.18 Å². The van der Waals surface area contributed by atoms with Gasteiger partial charge in [0, 0.05) is 41.7 Å². The highest BCUT2D eigenvalue weighted by molar-refractivity contribution is 6.02. The molecule has 0 spiro atoms. The molecular weight excluding hydrogens is 403 g/mol. The van der Waals surface area contributed by atoms with Gasteiger partial charge in [-0.15, -0.1) is 0 Å². The highest BCUT2D eigenvalue weighted by atomic mass is 19.1. The van der Waals surface area contributed by atoms with Crippen molar-refractivity contribution in [1.82, 2.24) is 9.97 Å². The Kier molecular flexibility index (Phi) is 5.50. The molecule has 0 bridgehead atoms. The van der Waals surface area contributed by atoms with Crippen LogP contribution in [0.5, 0.6) is 0 Å². The van der Waals surface area contributed by atoms with Crippen LogP contribution in [0, 0.1) is 11.7 Å². The quantitative estimate of drug-likeness (QED) is 0.482. The number of aromatic nitrogens is 2. The standard InChI is InChI=1S/C26H23FN4O/c27-21-10-8-19(9-11-21)24-16-25(29-17-28-24)31-14-12-20(13-15-31)26(32)30-23-7-3-5-18-4-1-2-6-22(18)23/h1-11,16-17,20H,12-15H2,(H,30,32). The zero-order valence-corrected chi connectivity index (χ0v) is 17.5. The Morgan fingerprint density at radius 3 is 2.50 bits per heavy atom. The molecule has 0 aliphatic carbocycles. The molecule has 0 unspecified atom stereocenters. The minimum absolute atomic E-state index is 0.0383. The summed E-state index contributed by atoms with van der Waals surface area (Å²) < 4.78 is 13.2. The van der Waals surface area contributed by atoms with Crippen molar-refractivity contribution in [3.8, 4) is 11.3 Å². The van der Waals surface area contributed by atoms with Crippen molar-refractivity contribution in [2.24, 2.45) is 5.92 Å². The van der Waals surface area contributed by atoms with Crippen LogP contribution in [0.3, 0.4) is 0 Å². The number of nitrogens with one attached hydrogen (secondary N) is 1. The number of rotatable bonds is 4. The van der Waals surface area contributed by atoms with Gasteiger partial charge in [-0.3, -0.25) is 4.79 Å². The molecule has 4 aromatic rings. The number of benzene rings is 3. The number of carbonyl (C=O) groups excluding carboxylic acids is 1. The first-order chi connectivity index (χ1) is 15.7. The Labute approximate surface area is 185 Å². The van der Waals surface area contributed by atoms with Gasteiger partial charge >= 0.3 is 0 Å². The molecule has 1 N–H and O–H groups in total. The van der Waals surface area contributed by atoms with Crippen molar-refractivity contribution >= 4 is 28.2 Å². The van der Waals surface area contributed by atoms with Crippen LogP contribution in [0.15, 0.2) is 79.1 Å². The van der Waals surface area contributed by atoms with Crippen molar-refractivity contribution in [3.05, 3.63) is 84.9 Å². The van der Waals surface area contributed by atoms with Gasteiger partial charge in [-0.05, 0) is 48.6 Å². The Bertz CT molecular complexity index is 1240. The van der Waals surface area contributed by atoms with Crippen LogP contribution in [0.2, 0.25) is 0 Å². The molecule has 5 nitrogen and oxygen atoms in total. The number of piperidine rings is 1. The van der Waals surface area contributed by atoms with Gasteiger partial charge in [0.2, 0.25) is 5.91 Å². The van der Waals surface area contributed by atoms with E-state index in [0.29, 0.717) is 0 Å². The van der Waals surface area contributed by atoms with E-state index in [0.717, 1.165) is 59.5 Å². The number of hydrogen-bond acceptors (Lipinski definition) is 4. The van der Waals surface area contributed by atoms with Crippen LogP contribution >= 0.6 is 0 Å². The molecule has 0 radical (unpaired) electrons. The van der Waals surface area contributed by atoms with E-state index in [1.165, 1.54) is 18.5 Å². The van der Waals surface area contributed by atoms with Gasteiger partial charge in [0.1, 0.15) is 18.0 Å². The molecule has 1 aromatic heterocycles. The van der Waals surface area contributed by atoms with Gasteiger partial charge in [0.25, 0.3) is 0 Å². The molecule has 6 heteroatoms. The van der Waals surface area contributed by atoms with E-state index in [1.807, 2.05) is 48.5 Å². The lowest BCUT2D eigenvalue weighted by Gasteiger charge is -2.32. The third kappa shape index (κ3) is 4.17. The van der Waals surface area contributed by atoms with Gasteiger partial charge in [-0.1, -0.05) is 36.4 Å². The van der Waals surface area contributed by atoms with Crippen LogP contribution in [-0.4, -0.2) is 29.0 Å². The average molecular weight is 426 g/mol. The minimum atomic E-state index is -0.271. The first-order valence-corrected chi connectivity index (χ1v) is 10.8. The molecule has 1 amide bonds. The number of carbonyl (C=O) groups is 1. The van der Waals surface area contributed by atoms with E-state index in [9.17, 15) is 9.18 Å². The summed E-state index contributed by atoms with van der Waals surface area (Å²) in [5, 5.41) is 5.29. The van der Waals surface area contributed by atoms with E-state index < -0.39 is 0 Å². The molecule has 32 heavy (non-hydrogen) atoms. The van der Waals surface area contributed by atoms with Crippen LogP contribution in [0.25, 0.3) is 22.0 Å². The summed E-state index contributed by atoms with van der Waals surface area (Å²) in [6.07, 6.45) is 3.05. The van der Waals surface area contributed by atoms with Crippen molar-refractivity contribution in [2.75, 3.05) is 23.3 Å². The van der Waals surface area contributed by atoms with Crippen LogP contribution < -0.4 is 10.2 Å². The number of halogens is 1. The van der Waals surface area contributed by atoms with Crippen LogP contribution in [0.1, 0.15) is 12.8 Å². The maximum absolute atomic E-state index is 13.2. The molecule has 1 saturated heterocycles. The Hall–Kier alpha value is -3.80. The zero-order chi connectivity index (χ0) is 21.9. The number of fused-ring (bicyclic) bond motifs is 1. The van der Waals surface area contributed by atoms with E-state index in [4.69, 9.17) is 0 Å². The Morgan fingerprint density at radius 1 is 0.938 bits per heavy atom. The van der Waals surface area contributed by atoms with E-state index >= 15 is 0 Å². The second-order valence-corrected chi connectivity index (χ2v) is 8.05. The third-order valence-corrected chi connectivity index (χ3v) is 6.03. The normalized spacial score (nSPS) is 14.5. The summed E-state index contributed by atoms with van der Waals surface area (Å²) in [5.74, 6) is 0.582. The second-order valence-electron chi connectivity index (χ2n) is 8.05. The minimum Gasteiger partial charge on any atom is -0.356 e. The molecule has 1 fully saturated rings. The lowest BCUT2D eigenvalue weighted by atomic mass is 9.95. The predicted molar refractivity (Wildman–Crippen MR) is 125 cm³/mol. The number of nitrogens with zero attached hydrogens (tertiary/aromatic N) is 3. The van der Waals surface area contributed by atoms with Gasteiger partial charge in [0.05, 0.1) is 5.69 Å². The van der Waals surface area contributed by atoms with Crippen LogP contribution in [-0.2, 0) is 4.79 Å². The largest absolute Gasteiger partial charge is 0.356 e. The summed E-state index contributed by atoms with van der Waals surface area (Å²) in [4.78, 5) is 23.9. The molecule has 160 valence electrons. The molecule has 1 aliphatic heterocycles. The molecule has 1 aliphatic rings. The first-order valence-electron chi connectivity index (χ1n) is 10.8. The van der Waals surface area contributed by atoms with E-state index in [-0.39, 0.29) is 17.6 Å². The molecular formula is C26H23FN4O. The topological polar surface area (TPSA) is 58.1 Å². The van der Waals surface area contributed by atoms with Crippen molar-refractivity contribution in [3.63, 3.8) is 0 Å². The number of hydrogen-bond donors (Lipinski definition) is 1. The number of amides is 1. The molecule has 0 atom stereocenters. The first kappa shape index (κ1) is 20.1. The second kappa shape index (κ2) is 8.75. The van der Waals surface area contributed by atoms with E-state index in [1.54, 1.807) is 12.1 Å². The highest BCUT2D eigenvalue weighted by Gasteiger charge is 2.26. The molecule has 5 rings (SSSR count). The summed E-state index contributed by atoms with van der Waals surface area (Å²) in [7, 11) is 0. The third-order valence-electron chi connectivity index (χ3n) is 6.03. The Morgan fingerprint density at radius 2 is 1.69 bits per heavy atom. The summed E-state index contributed by atoms with van der Waals surface area (Å²) in [6, 6.07) is 22.2.